The minimum atomic E-state index is -0.923. The van der Waals surface area contributed by atoms with Gasteiger partial charge in [0.1, 0.15) is 11.9 Å². The van der Waals surface area contributed by atoms with Crippen molar-refractivity contribution < 1.29 is 19.4 Å². The van der Waals surface area contributed by atoms with Crippen LogP contribution >= 0.6 is 0 Å². The van der Waals surface area contributed by atoms with Crippen LogP contribution in [0.2, 0.25) is 0 Å². The van der Waals surface area contributed by atoms with E-state index in [1.54, 1.807) is 11.9 Å². The summed E-state index contributed by atoms with van der Waals surface area (Å²) in [5.41, 5.74) is -0.172. The first-order chi connectivity index (χ1) is 10.8. The fourth-order valence-corrected chi connectivity index (χ4v) is 2.93. The fourth-order valence-electron chi connectivity index (χ4n) is 2.93. The van der Waals surface area contributed by atoms with Gasteiger partial charge in [-0.25, -0.2) is 4.79 Å². The van der Waals surface area contributed by atoms with Gasteiger partial charge < -0.3 is 20.1 Å². The van der Waals surface area contributed by atoms with E-state index in [1.165, 1.54) is 0 Å². The van der Waals surface area contributed by atoms with Crippen molar-refractivity contribution in [1.29, 1.82) is 0 Å². The lowest BCUT2D eigenvalue weighted by Gasteiger charge is -2.54. The lowest BCUT2D eigenvalue weighted by molar-refractivity contribution is -0.136. The molecule has 2 unspecified atom stereocenters. The smallest absolute Gasteiger partial charge is 0.317 e. The molecule has 0 bridgehead atoms. The summed E-state index contributed by atoms with van der Waals surface area (Å²) < 4.78 is 6.00. The van der Waals surface area contributed by atoms with Crippen LogP contribution in [0.5, 0.6) is 5.75 Å². The van der Waals surface area contributed by atoms with Gasteiger partial charge in [0.05, 0.1) is 6.42 Å². The Morgan fingerprint density at radius 2 is 2.00 bits per heavy atom. The number of carbonyl (C=O) groups is 2. The quantitative estimate of drug-likeness (QED) is 0.843. The Labute approximate surface area is 136 Å². The van der Waals surface area contributed by atoms with Crippen LogP contribution in [0.15, 0.2) is 30.3 Å². The zero-order valence-electron chi connectivity index (χ0n) is 13.8. The molecule has 126 valence electrons. The minimum Gasteiger partial charge on any atom is -0.490 e. The molecule has 0 aromatic heterocycles. The number of benzene rings is 1. The van der Waals surface area contributed by atoms with Gasteiger partial charge in [-0.05, 0) is 12.1 Å². The van der Waals surface area contributed by atoms with Gasteiger partial charge in [0.2, 0.25) is 0 Å². The summed E-state index contributed by atoms with van der Waals surface area (Å²) in [5.74, 6) is -0.0918. The summed E-state index contributed by atoms with van der Waals surface area (Å²) in [6.07, 6.45) is 0.724. The molecule has 1 aliphatic rings. The molecule has 2 N–H and O–H groups in total. The molecule has 0 heterocycles. The second-order valence-electron chi connectivity index (χ2n) is 6.48. The van der Waals surface area contributed by atoms with Crippen molar-refractivity contribution in [2.75, 3.05) is 13.6 Å². The van der Waals surface area contributed by atoms with Gasteiger partial charge in [-0.3, -0.25) is 4.79 Å². The van der Waals surface area contributed by atoms with Crippen LogP contribution in [-0.2, 0) is 4.79 Å². The van der Waals surface area contributed by atoms with E-state index >= 15 is 0 Å². The number of amides is 2. The summed E-state index contributed by atoms with van der Waals surface area (Å²) in [7, 11) is 1.74. The molecule has 1 fully saturated rings. The van der Waals surface area contributed by atoms with Crippen molar-refractivity contribution in [2.24, 2.45) is 5.41 Å². The van der Waals surface area contributed by atoms with Crippen molar-refractivity contribution in [2.45, 2.75) is 38.8 Å². The molecule has 2 amide bonds. The third-order valence-electron chi connectivity index (χ3n) is 4.55. The third-order valence-corrected chi connectivity index (χ3v) is 4.55. The van der Waals surface area contributed by atoms with E-state index in [9.17, 15) is 9.59 Å². The molecule has 1 aliphatic carbocycles. The Hall–Kier alpha value is -2.24. The number of carboxylic acids is 1. The average Bonchev–Trinajstić information content (AvgIpc) is 2.51. The number of urea groups is 1. The molecule has 1 aromatic rings. The van der Waals surface area contributed by atoms with Crippen LogP contribution in [0, 0.1) is 5.41 Å². The predicted molar refractivity (Wildman–Crippen MR) is 86.5 cm³/mol. The number of carboxylic acid groups (broad SMARTS) is 1. The summed E-state index contributed by atoms with van der Waals surface area (Å²) in [6.45, 7) is 4.29. The van der Waals surface area contributed by atoms with E-state index in [-0.39, 0.29) is 36.6 Å². The first-order valence-corrected chi connectivity index (χ1v) is 7.76. The van der Waals surface area contributed by atoms with Crippen molar-refractivity contribution in [3.63, 3.8) is 0 Å². The van der Waals surface area contributed by atoms with E-state index in [1.807, 2.05) is 30.3 Å². The predicted octanol–water partition coefficient (Wildman–Crippen LogP) is 2.35. The molecular formula is C17H24N2O4. The van der Waals surface area contributed by atoms with Gasteiger partial charge in [-0.15, -0.1) is 0 Å². The maximum Gasteiger partial charge on any atom is 0.317 e. The van der Waals surface area contributed by atoms with Gasteiger partial charge in [0, 0.05) is 31.5 Å². The molecular weight excluding hydrogens is 296 g/mol. The molecule has 0 aliphatic heterocycles. The van der Waals surface area contributed by atoms with Gasteiger partial charge in [0.15, 0.2) is 0 Å². The number of nitrogens with one attached hydrogen (secondary N) is 1. The van der Waals surface area contributed by atoms with E-state index in [4.69, 9.17) is 9.84 Å². The van der Waals surface area contributed by atoms with Crippen LogP contribution in [0.1, 0.15) is 26.7 Å². The van der Waals surface area contributed by atoms with Crippen LogP contribution in [-0.4, -0.2) is 47.7 Å². The number of aliphatic carboxylic acids is 1. The highest BCUT2D eigenvalue weighted by Crippen LogP contribution is 2.45. The van der Waals surface area contributed by atoms with E-state index in [0.29, 0.717) is 0 Å². The molecule has 1 aromatic carbocycles. The van der Waals surface area contributed by atoms with Gasteiger partial charge >= 0.3 is 12.0 Å². The van der Waals surface area contributed by atoms with E-state index in [2.05, 4.69) is 19.2 Å². The average molecular weight is 320 g/mol. The lowest BCUT2D eigenvalue weighted by Crippen LogP contribution is -2.64. The first kappa shape index (κ1) is 17.1. The molecule has 1 saturated carbocycles. The normalized spacial score (nSPS) is 21.9. The minimum absolute atomic E-state index is 0.0455. The largest absolute Gasteiger partial charge is 0.490 e. The maximum atomic E-state index is 12.1. The molecule has 6 heteroatoms. The number of carbonyl (C=O) groups excluding carboxylic acids is 1. The Morgan fingerprint density at radius 1 is 1.35 bits per heavy atom. The van der Waals surface area contributed by atoms with Crippen molar-refractivity contribution in [1.82, 2.24) is 10.2 Å². The molecule has 0 saturated heterocycles. The highest BCUT2D eigenvalue weighted by atomic mass is 16.5. The number of ether oxygens (including phenoxy) is 1. The standard InChI is InChI=1S/C17H24N2O4/c1-17(2)13(19(3)16(22)18-10-9-15(20)21)11-14(17)23-12-7-5-4-6-8-12/h4-8,13-14H,9-11H2,1-3H3,(H,18,22)(H,20,21). The van der Waals surface area contributed by atoms with E-state index in [0.717, 1.165) is 12.2 Å². The molecule has 2 atom stereocenters. The zero-order valence-corrected chi connectivity index (χ0v) is 13.8. The highest BCUT2D eigenvalue weighted by Gasteiger charge is 2.52. The summed E-state index contributed by atoms with van der Waals surface area (Å²) in [5, 5.41) is 11.2. The van der Waals surface area contributed by atoms with E-state index < -0.39 is 5.97 Å². The third kappa shape index (κ3) is 3.94. The molecule has 2 rings (SSSR count). The number of hydrogen-bond donors (Lipinski definition) is 2. The highest BCUT2D eigenvalue weighted by molar-refractivity contribution is 5.75. The number of hydrogen-bond acceptors (Lipinski definition) is 3. The second kappa shape index (κ2) is 6.89. The topological polar surface area (TPSA) is 78.9 Å². The van der Waals surface area contributed by atoms with Crippen molar-refractivity contribution >= 4 is 12.0 Å². The fraction of sp³-hybridized carbons (Fsp3) is 0.529. The summed E-state index contributed by atoms with van der Waals surface area (Å²) in [6, 6.07) is 9.46. The molecule has 0 radical (unpaired) electrons. The Balaban J connectivity index is 1.87. The van der Waals surface area contributed by atoms with Crippen molar-refractivity contribution in [3.8, 4) is 5.75 Å². The second-order valence-corrected chi connectivity index (χ2v) is 6.48. The Bertz CT molecular complexity index is 559. The summed E-state index contributed by atoms with van der Waals surface area (Å²) >= 11 is 0. The SMILES string of the molecule is CN(C(=O)NCCC(=O)O)C1CC(Oc2ccccc2)C1(C)C. The zero-order chi connectivity index (χ0) is 17.0. The Morgan fingerprint density at radius 3 is 2.57 bits per heavy atom. The van der Waals surface area contributed by atoms with Crippen molar-refractivity contribution in [3.05, 3.63) is 30.3 Å². The van der Waals surface area contributed by atoms with Gasteiger partial charge in [-0.2, -0.15) is 0 Å². The van der Waals surface area contributed by atoms with Crippen LogP contribution < -0.4 is 10.1 Å². The van der Waals surface area contributed by atoms with Crippen LogP contribution in [0.4, 0.5) is 4.79 Å². The first-order valence-electron chi connectivity index (χ1n) is 7.76. The molecule has 6 nitrogen and oxygen atoms in total. The van der Waals surface area contributed by atoms with Gasteiger partial charge in [0.25, 0.3) is 0 Å². The lowest BCUT2D eigenvalue weighted by atomic mass is 9.64. The molecule has 23 heavy (non-hydrogen) atoms. The van der Waals surface area contributed by atoms with Crippen LogP contribution in [0.3, 0.4) is 0 Å². The maximum absolute atomic E-state index is 12.1. The Kier molecular flexibility index (Phi) is 5.13. The van der Waals surface area contributed by atoms with Gasteiger partial charge in [-0.1, -0.05) is 32.0 Å². The number of nitrogens with zero attached hydrogens (tertiary/aromatic N) is 1. The van der Waals surface area contributed by atoms with Crippen LogP contribution in [0.25, 0.3) is 0 Å². The monoisotopic (exact) mass is 320 g/mol. The summed E-state index contributed by atoms with van der Waals surface area (Å²) in [4.78, 5) is 24.2. The number of para-hydroxylation sites is 1. The molecule has 0 spiro atoms. The number of rotatable bonds is 6.